The summed E-state index contributed by atoms with van der Waals surface area (Å²) >= 11 is 3.46. The van der Waals surface area contributed by atoms with Gasteiger partial charge in [-0.25, -0.2) is 0 Å². The van der Waals surface area contributed by atoms with E-state index in [0.29, 0.717) is 19.5 Å². The number of rotatable bonds is 3. The maximum absolute atomic E-state index is 12.8. The van der Waals surface area contributed by atoms with Crippen molar-refractivity contribution in [1.82, 2.24) is 4.90 Å². The van der Waals surface area contributed by atoms with E-state index in [1.165, 1.54) is 0 Å². The van der Waals surface area contributed by atoms with Crippen molar-refractivity contribution in [2.75, 3.05) is 13.1 Å². The molecule has 1 aromatic rings. The Morgan fingerprint density at radius 2 is 2.10 bits per heavy atom. The smallest absolute Gasteiger partial charge is 0.326 e. The van der Waals surface area contributed by atoms with Gasteiger partial charge in [-0.3, -0.25) is 4.90 Å². The number of halogens is 4. The van der Waals surface area contributed by atoms with Crippen LogP contribution in [0.3, 0.4) is 0 Å². The number of piperidine rings is 1. The van der Waals surface area contributed by atoms with Crippen LogP contribution in [0.15, 0.2) is 22.7 Å². The van der Waals surface area contributed by atoms with Gasteiger partial charge in [-0.2, -0.15) is 13.2 Å². The molecule has 6 heteroatoms. The van der Waals surface area contributed by atoms with Gasteiger partial charge in [-0.05, 0) is 36.6 Å². The lowest BCUT2D eigenvalue weighted by Gasteiger charge is -2.33. The second kappa shape index (κ2) is 6.45. The summed E-state index contributed by atoms with van der Waals surface area (Å²) in [5.74, 6) is -1.20. The van der Waals surface area contributed by atoms with Crippen LogP contribution >= 0.6 is 15.9 Å². The number of alkyl halides is 3. The fourth-order valence-corrected chi connectivity index (χ4v) is 3.10. The molecule has 1 aromatic carbocycles. The Kier molecular flexibility index (Phi) is 5.09. The summed E-state index contributed by atoms with van der Waals surface area (Å²) in [6, 6.07) is 5.79. The molecule has 0 bridgehead atoms. The molecule has 1 aliphatic rings. The van der Waals surface area contributed by atoms with Crippen molar-refractivity contribution in [2.24, 2.45) is 11.7 Å². The average Bonchev–Trinajstić information content (AvgIpc) is 2.40. The zero-order valence-electron chi connectivity index (χ0n) is 11.1. The minimum Gasteiger partial charge on any atom is -0.326 e. The van der Waals surface area contributed by atoms with Gasteiger partial charge in [0.25, 0.3) is 0 Å². The largest absolute Gasteiger partial charge is 0.393 e. The van der Waals surface area contributed by atoms with Gasteiger partial charge in [-0.15, -0.1) is 0 Å². The van der Waals surface area contributed by atoms with Gasteiger partial charge in [-0.1, -0.05) is 28.1 Å². The van der Waals surface area contributed by atoms with E-state index >= 15 is 0 Å². The summed E-state index contributed by atoms with van der Waals surface area (Å²) in [6.07, 6.45) is -3.24. The Morgan fingerprint density at radius 1 is 1.35 bits per heavy atom. The molecule has 1 atom stereocenters. The Balaban J connectivity index is 2.03. The molecule has 0 radical (unpaired) electrons. The number of nitrogens with zero attached hydrogens (tertiary/aromatic N) is 1. The Morgan fingerprint density at radius 3 is 2.70 bits per heavy atom. The van der Waals surface area contributed by atoms with Gasteiger partial charge in [0, 0.05) is 24.1 Å². The zero-order valence-corrected chi connectivity index (χ0v) is 12.7. The first-order valence-electron chi connectivity index (χ1n) is 6.66. The van der Waals surface area contributed by atoms with Crippen molar-refractivity contribution in [3.05, 3.63) is 33.8 Å². The van der Waals surface area contributed by atoms with E-state index in [2.05, 4.69) is 15.9 Å². The van der Waals surface area contributed by atoms with Crippen molar-refractivity contribution in [3.63, 3.8) is 0 Å². The molecule has 1 unspecified atom stereocenters. The topological polar surface area (TPSA) is 29.3 Å². The minimum atomic E-state index is -4.08. The number of hydrogen-bond acceptors (Lipinski definition) is 2. The van der Waals surface area contributed by atoms with Crippen LogP contribution in [-0.2, 0) is 13.1 Å². The normalized spacial score (nSPS) is 21.1. The van der Waals surface area contributed by atoms with Crippen molar-refractivity contribution in [3.8, 4) is 0 Å². The number of likely N-dealkylation sites (tertiary alicyclic amines) is 1. The Labute approximate surface area is 125 Å². The molecule has 0 saturated carbocycles. The molecule has 1 saturated heterocycles. The zero-order chi connectivity index (χ0) is 14.8. The maximum atomic E-state index is 12.8. The van der Waals surface area contributed by atoms with E-state index in [-0.39, 0.29) is 13.0 Å². The first-order chi connectivity index (χ1) is 9.40. The van der Waals surface area contributed by atoms with E-state index < -0.39 is 12.1 Å². The fourth-order valence-electron chi connectivity index (χ4n) is 2.55. The van der Waals surface area contributed by atoms with Crippen LogP contribution in [0, 0.1) is 5.92 Å². The molecular formula is C14H18BrF3N2. The van der Waals surface area contributed by atoms with Crippen LogP contribution in [0.5, 0.6) is 0 Å². The fraction of sp³-hybridized carbons (Fsp3) is 0.571. The van der Waals surface area contributed by atoms with Crippen LogP contribution in [0.1, 0.15) is 24.0 Å². The van der Waals surface area contributed by atoms with E-state index in [9.17, 15) is 13.2 Å². The van der Waals surface area contributed by atoms with Crippen LogP contribution in [0.2, 0.25) is 0 Å². The molecule has 1 heterocycles. The maximum Gasteiger partial charge on any atom is 0.393 e. The lowest BCUT2D eigenvalue weighted by molar-refractivity contribution is -0.187. The third-order valence-corrected chi connectivity index (χ3v) is 4.45. The van der Waals surface area contributed by atoms with Crippen LogP contribution < -0.4 is 5.73 Å². The van der Waals surface area contributed by atoms with Gasteiger partial charge in [0.2, 0.25) is 0 Å². The molecule has 0 amide bonds. The third-order valence-electron chi connectivity index (χ3n) is 3.72. The summed E-state index contributed by atoms with van der Waals surface area (Å²) in [5, 5.41) is 0. The molecule has 0 spiro atoms. The van der Waals surface area contributed by atoms with E-state index in [1.54, 1.807) is 0 Å². The van der Waals surface area contributed by atoms with Crippen LogP contribution in [-0.4, -0.2) is 24.2 Å². The van der Waals surface area contributed by atoms with Crippen molar-refractivity contribution >= 4 is 15.9 Å². The SMILES string of the molecule is NCc1ccc(CN2CCCC(C(F)(F)F)C2)c(Br)c1. The molecule has 112 valence electrons. The van der Waals surface area contributed by atoms with Gasteiger partial charge in [0.15, 0.2) is 0 Å². The summed E-state index contributed by atoms with van der Waals surface area (Å²) < 4.78 is 39.3. The predicted octanol–water partition coefficient (Wildman–Crippen LogP) is 3.68. The van der Waals surface area contributed by atoms with Gasteiger partial charge in [0.1, 0.15) is 0 Å². The summed E-state index contributed by atoms with van der Waals surface area (Å²) in [4.78, 5) is 1.88. The Bertz CT molecular complexity index is 462. The lowest BCUT2D eigenvalue weighted by Crippen LogP contribution is -2.41. The molecule has 1 fully saturated rings. The van der Waals surface area contributed by atoms with Crippen LogP contribution in [0.25, 0.3) is 0 Å². The van der Waals surface area contributed by atoms with Crippen molar-refractivity contribution in [2.45, 2.75) is 32.1 Å². The minimum absolute atomic E-state index is 0.0918. The number of hydrogen-bond donors (Lipinski definition) is 1. The molecule has 2 nitrogen and oxygen atoms in total. The monoisotopic (exact) mass is 350 g/mol. The summed E-state index contributed by atoms with van der Waals surface area (Å²) in [5.41, 5.74) is 7.57. The molecular weight excluding hydrogens is 333 g/mol. The molecule has 20 heavy (non-hydrogen) atoms. The van der Waals surface area contributed by atoms with E-state index in [1.807, 2.05) is 23.1 Å². The van der Waals surface area contributed by atoms with Crippen molar-refractivity contribution in [1.29, 1.82) is 0 Å². The molecule has 1 aliphatic heterocycles. The van der Waals surface area contributed by atoms with Crippen LogP contribution in [0.4, 0.5) is 13.2 Å². The summed E-state index contributed by atoms with van der Waals surface area (Å²) in [6.45, 7) is 1.81. The predicted molar refractivity (Wildman–Crippen MR) is 76.1 cm³/mol. The molecule has 0 aromatic heterocycles. The van der Waals surface area contributed by atoms with Crippen molar-refractivity contribution < 1.29 is 13.2 Å². The third kappa shape index (κ3) is 3.96. The highest BCUT2D eigenvalue weighted by Gasteiger charge is 2.41. The molecule has 2 N–H and O–H groups in total. The average molecular weight is 351 g/mol. The standard InChI is InChI=1S/C14H18BrF3N2/c15-13-6-10(7-19)3-4-11(13)8-20-5-1-2-12(9-20)14(16,17)18/h3-4,6,12H,1-2,5,7-9,19H2. The highest BCUT2D eigenvalue weighted by atomic mass is 79.9. The van der Waals surface area contributed by atoms with Gasteiger partial charge < -0.3 is 5.73 Å². The second-order valence-electron chi connectivity index (χ2n) is 5.25. The van der Waals surface area contributed by atoms with E-state index in [0.717, 1.165) is 22.1 Å². The highest BCUT2D eigenvalue weighted by molar-refractivity contribution is 9.10. The first-order valence-corrected chi connectivity index (χ1v) is 7.46. The number of nitrogens with two attached hydrogens (primary N) is 1. The van der Waals surface area contributed by atoms with E-state index in [4.69, 9.17) is 5.73 Å². The van der Waals surface area contributed by atoms with Gasteiger partial charge >= 0.3 is 6.18 Å². The summed E-state index contributed by atoms with van der Waals surface area (Å²) in [7, 11) is 0. The quantitative estimate of drug-likeness (QED) is 0.900. The molecule has 0 aliphatic carbocycles. The highest BCUT2D eigenvalue weighted by Crippen LogP contribution is 2.34. The Hall–Kier alpha value is -0.590. The first kappa shape index (κ1) is 15.8. The van der Waals surface area contributed by atoms with Gasteiger partial charge in [0.05, 0.1) is 5.92 Å². The molecule has 2 rings (SSSR count). The number of benzene rings is 1. The second-order valence-corrected chi connectivity index (χ2v) is 6.10. The lowest BCUT2D eigenvalue weighted by atomic mass is 9.97.